The number of aromatic nitrogens is 2. The molecule has 0 spiro atoms. The molecule has 1 aromatic heterocycles. The van der Waals surface area contributed by atoms with E-state index in [1.807, 2.05) is 0 Å². The third-order valence-corrected chi connectivity index (χ3v) is 4.40. The van der Waals surface area contributed by atoms with Gasteiger partial charge in [-0.2, -0.15) is 0 Å². The van der Waals surface area contributed by atoms with Gasteiger partial charge in [0, 0.05) is 0 Å². The lowest BCUT2D eigenvalue weighted by Gasteiger charge is -2.05. The number of benzene rings is 3. The predicted octanol–water partition coefficient (Wildman–Crippen LogP) is 3.29. The van der Waals surface area contributed by atoms with E-state index in [4.69, 9.17) is 9.97 Å². The second-order valence-corrected chi connectivity index (χ2v) is 5.87. The highest BCUT2D eigenvalue weighted by atomic mass is 14.8. The summed E-state index contributed by atoms with van der Waals surface area (Å²) in [6.45, 7) is 0. The minimum Gasteiger partial charge on any atom is -0.244 e. The number of hydrogen-bond acceptors (Lipinski definition) is 2. The smallest absolute Gasteiger partial charge is 0.0901 e. The Morgan fingerprint density at radius 2 is 1.05 bits per heavy atom. The molecular formula is C20H14N2. The summed E-state index contributed by atoms with van der Waals surface area (Å²) in [5.74, 6) is 0. The van der Waals surface area contributed by atoms with Gasteiger partial charge in [-0.05, 0) is 58.3 Å². The van der Waals surface area contributed by atoms with E-state index < -0.39 is 0 Å². The minimum atomic E-state index is 0.964. The number of nitrogens with zero attached hydrogens (tertiary/aromatic N) is 2. The van der Waals surface area contributed by atoms with E-state index in [2.05, 4.69) is 60.7 Å². The topological polar surface area (TPSA) is 25.8 Å². The van der Waals surface area contributed by atoms with Gasteiger partial charge in [0.1, 0.15) is 0 Å². The van der Waals surface area contributed by atoms with E-state index in [9.17, 15) is 0 Å². The first-order chi connectivity index (χ1) is 10.9. The summed E-state index contributed by atoms with van der Waals surface area (Å²) in [6, 6.07) is 17.0. The molecule has 0 bridgehead atoms. The third kappa shape index (κ3) is 1.74. The average Bonchev–Trinajstić information content (AvgIpc) is 2.56. The van der Waals surface area contributed by atoms with Crippen molar-refractivity contribution in [3.05, 3.63) is 59.0 Å². The largest absolute Gasteiger partial charge is 0.244 e. The second-order valence-electron chi connectivity index (χ2n) is 5.87. The van der Waals surface area contributed by atoms with Crippen LogP contribution in [0.3, 0.4) is 0 Å². The fourth-order valence-electron chi connectivity index (χ4n) is 3.27. The van der Waals surface area contributed by atoms with Gasteiger partial charge in [-0.1, -0.05) is 36.4 Å². The van der Waals surface area contributed by atoms with Crippen LogP contribution in [-0.2, 0) is 0 Å². The molecule has 0 aliphatic heterocycles. The summed E-state index contributed by atoms with van der Waals surface area (Å²) in [5, 5.41) is 4.99. The van der Waals surface area contributed by atoms with Crippen molar-refractivity contribution >= 4 is 45.0 Å². The van der Waals surface area contributed by atoms with Crippen LogP contribution in [0.25, 0.3) is 45.0 Å². The monoisotopic (exact) mass is 282 g/mol. The maximum Gasteiger partial charge on any atom is 0.0901 e. The van der Waals surface area contributed by atoms with Crippen LogP contribution in [0.5, 0.6) is 0 Å². The van der Waals surface area contributed by atoms with Crippen LogP contribution in [0, 0.1) is 0 Å². The first-order valence-electron chi connectivity index (χ1n) is 7.68. The molecule has 1 aliphatic rings. The summed E-state index contributed by atoms with van der Waals surface area (Å²) in [5.41, 5.74) is 3.89. The van der Waals surface area contributed by atoms with Crippen LogP contribution in [0.15, 0.2) is 48.5 Å². The van der Waals surface area contributed by atoms with Gasteiger partial charge in [0.25, 0.3) is 0 Å². The second kappa shape index (κ2) is 4.38. The van der Waals surface area contributed by atoms with Gasteiger partial charge < -0.3 is 0 Å². The minimum absolute atomic E-state index is 0.964. The Balaban J connectivity index is 1.93. The van der Waals surface area contributed by atoms with Crippen molar-refractivity contribution in [1.82, 2.24) is 9.97 Å². The molecule has 2 nitrogen and oxygen atoms in total. The molecule has 22 heavy (non-hydrogen) atoms. The van der Waals surface area contributed by atoms with Crippen molar-refractivity contribution in [2.75, 3.05) is 0 Å². The van der Waals surface area contributed by atoms with Crippen molar-refractivity contribution < 1.29 is 0 Å². The summed E-state index contributed by atoms with van der Waals surface area (Å²) >= 11 is 0. The van der Waals surface area contributed by atoms with E-state index in [0.29, 0.717) is 0 Å². The number of rotatable bonds is 0. The molecule has 104 valence electrons. The van der Waals surface area contributed by atoms with Crippen LogP contribution >= 0.6 is 0 Å². The molecule has 0 unspecified atom stereocenters. The Morgan fingerprint density at radius 1 is 0.591 bits per heavy atom. The summed E-state index contributed by atoms with van der Waals surface area (Å²) < 4.78 is 0. The van der Waals surface area contributed by atoms with Crippen LogP contribution in [0.2, 0.25) is 0 Å². The molecular weight excluding hydrogens is 268 g/mol. The number of hydrogen-bond donors (Lipinski definition) is 0. The fourth-order valence-corrected chi connectivity index (χ4v) is 3.27. The highest BCUT2D eigenvalue weighted by Crippen LogP contribution is 2.21. The molecule has 5 rings (SSSR count). The lowest BCUT2D eigenvalue weighted by Crippen LogP contribution is -2.26. The molecule has 0 radical (unpaired) electrons. The Morgan fingerprint density at radius 3 is 1.55 bits per heavy atom. The zero-order chi connectivity index (χ0) is 14.5. The van der Waals surface area contributed by atoms with Crippen LogP contribution < -0.4 is 10.4 Å². The molecule has 3 aromatic carbocycles. The third-order valence-electron chi connectivity index (χ3n) is 4.40. The zero-order valence-electron chi connectivity index (χ0n) is 12.1. The van der Waals surface area contributed by atoms with Gasteiger partial charge in [-0.15, -0.1) is 0 Å². The fraction of sp³-hybridized carbons (Fsp3) is 0.100. The van der Waals surface area contributed by atoms with E-state index in [1.165, 1.54) is 21.2 Å². The highest BCUT2D eigenvalue weighted by molar-refractivity contribution is 5.97. The highest BCUT2D eigenvalue weighted by Gasteiger charge is 2.05. The first-order valence-corrected chi connectivity index (χ1v) is 7.68. The molecule has 0 saturated carbocycles. The van der Waals surface area contributed by atoms with Crippen molar-refractivity contribution in [3.63, 3.8) is 0 Å². The molecule has 1 aliphatic carbocycles. The van der Waals surface area contributed by atoms with Gasteiger partial charge in [-0.3, -0.25) is 0 Å². The summed E-state index contributed by atoms with van der Waals surface area (Å²) in [7, 11) is 0. The van der Waals surface area contributed by atoms with Gasteiger partial charge >= 0.3 is 0 Å². The lowest BCUT2D eigenvalue weighted by atomic mass is 10.1. The Kier molecular flexibility index (Phi) is 2.36. The van der Waals surface area contributed by atoms with Gasteiger partial charge in [0.05, 0.1) is 22.1 Å². The van der Waals surface area contributed by atoms with Gasteiger partial charge in [0.15, 0.2) is 0 Å². The van der Waals surface area contributed by atoms with Crippen LogP contribution in [0.4, 0.5) is 0 Å². The Labute approximate surface area is 127 Å². The molecule has 0 fully saturated rings. The maximum atomic E-state index is 4.84. The molecule has 0 atom stereocenters. The van der Waals surface area contributed by atoms with Crippen molar-refractivity contribution in [2.24, 2.45) is 0 Å². The molecule has 2 heteroatoms. The zero-order valence-corrected chi connectivity index (χ0v) is 12.1. The average molecular weight is 282 g/mol. The quantitative estimate of drug-likeness (QED) is 0.462. The van der Waals surface area contributed by atoms with Crippen LogP contribution in [0.1, 0.15) is 12.8 Å². The van der Waals surface area contributed by atoms with E-state index in [-0.39, 0.29) is 0 Å². The maximum absolute atomic E-state index is 4.84. The normalized spacial score (nSPS) is 13.8. The van der Waals surface area contributed by atoms with Gasteiger partial charge in [-0.25, -0.2) is 9.97 Å². The van der Waals surface area contributed by atoms with Gasteiger partial charge in [0.2, 0.25) is 0 Å². The molecule has 0 amide bonds. The number of fused-ring (bicyclic) bond motifs is 4. The SMILES string of the molecule is C1=c2cc3nc4cc5ccccc5cc4nc3cc2=CCC1. The van der Waals surface area contributed by atoms with E-state index in [1.54, 1.807) is 0 Å². The summed E-state index contributed by atoms with van der Waals surface area (Å²) in [4.78, 5) is 9.68. The molecule has 1 heterocycles. The Bertz CT molecular complexity index is 1080. The first kappa shape index (κ1) is 11.9. The van der Waals surface area contributed by atoms with Crippen LogP contribution in [-0.4, -0.2) is 9.97 Å². The molecule has 4 aromatic rings. The lowest BCUT2D eigenvalue weighted by molar-refractivity contribution is 1.12. The van der Waals surface area contributed by atoms with E-state index >= 15 is 0 Å². The Hall–Kier alpha value is -2.74. The molecule has 0 N–H and O–H groups in total. The standard InChI is InChI=1S/C20H14N2/c1-2-6-14-10-18-17(9-13(14)5-1)21-19-11-15-7-3-4-8-16(15)12-20(19)22-18/h1-2,5-12H,3-4H2. The van der Waals surface area contributed by atoms with Crippen molar-refractivity contribution in [2.45, 2.75) is 12.8 Å². The van der Waals surface area contributed by atoms with Crippen molar-refractivity contribution in [1.29, 1.82) is 0 Å². The van der Waals surface area contributed by atoms with E-state index in [0.717, 1.165) is 34.9 Å². The molecule has 0 saturated heterocycles. The summed E-state index contributed by atoms with van der Waals surface area (Å²) in [6.07, 6.45) is 6.82. The predicted molar refractivity (Wildman–Crippen MR) is 92.0 cm³/mol. The van der Waals surface area contributed by atoms with Crippen molar-refractivity contribution in [3.8, 4) is 0 Å².